The van der Waals surface area contributed by atoms with E-state index >= 15 is 0 Å². The molecule has 4 nitrogen and oxygen atoms in total. The van der Waals surface area contributed by atoms with Gasteiger partial charge >= 0.3 is 0 Å². The number of hydrogen-bond donors (Lipinski definition) is 0. The van der Waals surface area contributed by atoms with Crippen molar-refractivity contribution in [3.63, 3.8) is 0 Å². The Labute approximate surface area is 118 Å². The van der Waals surface area contributed by atoms with Gasteiger partial charge in [-0.3, -0.25) is 0 Å². The Kier molecular flexibility index (Phi) is 3.36. The summed E-state index contributed by atoms with van der Waals surface area (Å²) in [5, 5.41) is 0. The highest BCUT2D eigenvalue weighted by atomic mass is 32.2. The Morgan fingerprint density at radius 3 is 2.70 bits per heavy atom. The van der Waals surface area contributed by atoms with Crippen LogP contribution in [0.2, 0.25) is 0 Å². The molecular weight excluding hydrogens is 274 g/mol. The molecule has 1 aliphatic heterocycles. The molecule has 20 heavy (non-hydrogen) atoms. The smallest absolute Gasteiger partial charge is 0.182 e. The number of fused-ring (bicyclic) bond motifs is 1. The van der Waals surface area contributed by atoms with Crippen molar-refractivity contribution in [3.05, 3.63) is 54.6 Å². The molecule has 1 aliphatic rings. The standard InChI is InChI=1S/C15H14NO3S/c17-20(18)11-10-16(14-8-4-5-9-15(14)20)12-19-13-6-2-1-3-7-13/h2-9H,10-12H2. The van der Waals surface area contributed by atoms with Gasteiger partial charge in [-0.15, -0.1) is 0 Å². The molecule has 2 aromatic carbocycles. The highest BCUT2D eigenvalue weighted by Crippen LogP contribution is 2.30. The second-order valence-electron chi connectivity index (χ2n) is 4.56. The molecule has 0 saturated heterocycles. The van der Waals surface area contributed by atoms with E-state index in [2.05, 4.69) is 6.07 Å². The molecule has 5 heteroatoms. The van der Waals surface area contributed by atoms with Crippen LogP contribution in [0.5, 0.6) is 5.75 Å². The number of rotatable bonds is 3. The number of benzene rings is 2. The molecule has 0 spiro atoms. The van der Waals surface area contributed by atoms with E-state index in [9.17, 15) is 8.42 Å². The molecule has 103 valence electrons. The van der Waals surface area contributed by atoms with E-state index in [-0.39, 0.29) is 5.75 Å². The summed E-state index contributed by atoms with van der Waals surface area (Å²) in [4.78, 5) is 2.32. The molecule has 0 fully saturated rings. The number of para-hydroxylation sites is 1. The SMILES string of the molecule is O=S1(=O)CCN(COc2cc[c]cc2)c2ccccc21. The highest BCUT2D eigenvalue weighted by Gasteiger charge is 2.27. The molecule has 2 aromatic rings. The largest absolute Gasteiger partial charge is 0.473 e. The van der Waals surface area contributed by atoms with Crippen molar-refractivity contribution in [2.45, 2.75) is 4.90 Å². The van der Waals surface area contributed by atoms with Crippen molar-refractivity contribution in [2.75, 3.05) is 23.9 Å². The third-order valence-electron chi connectivity index (χ3n) is 3.25. The van der Waals surface area contributed by atoms with Gasteiger partial charge in [-0.05, 0) is 30.3 Å². The molecule has 0 atom stereocenters. The summed E-state index contributed by atoms with van der Waals surface area (Å²) in [6.45, 7) is 0.773. The van der Waals surface area contributed by atoms with Crippen LogP contribution >= 0.6 is 0 Å². The van der Waals surface area contributed by atoms with E-state index < -0.39 is 9.84 Å². The third-order valence-corrected chi connectivity index (χ3v) is 4.98. The minimum Gasteiger partial charge on any atom is -0.473 e. The summed E-state index contributed by atoms with van der Waals surface area (Å²) in [6, 6.07) is 17.2. The maximum Gasteiger partial charge on any atom is 0.182 e. The van der Waals surface area contributed by atoms with E-state index in [1.807, 2.05) is 29.2 Å². The normalized spacial score (nSPS) is 16.5. The van der Waals surface area contributed by atoms with Gasteiger partial charge in [-0.25, -0.2) is 8.42 Å². The molecule has 0 bridgehead atoms. The van der Waals surface area contributed by atoms with Crippen LogP contribution in [-0.2, 0) is 9.84 Å². The fraction of sp³-hybridized carbons (Fsp3) is 0.200. The zero-order valence-electron chi connectivity index (χ0n) is 10.8. The van der Waals surface area contributed by atoms with Crippen LogP contribution in [0.4, 0.5) is 5.69 Å². The van der Waals surface area contributed by atoms with Gasteiger partial charge in [-0.1, -0.05) is 24.3 Å². The molecule has 0 N–H and O–H groups in total. The second-order valence-corrected chi connectivity index (χ2v) is 6.64. The van der Waals surface area contributed by atoms with Gasteiger partial charge in [0.2, 0.25) is 0 Å². The number of anilines is 1. The highest BCUT2D eigenvalue weighted by molar-refractivity contribution is 7.91. The summed E-state index contributed by atoms with van der Waals surface area (Å²) in [6.07, 6.45) is 0. The van der Waals surface area contributed by atoms with Crippen molar-refractivity contribution in [1.82, 2.24) is 0 Å². The van der Waals surface area contributed by atoms with Crippen molar-refractivity contribution in [2.24, 2.45) is 0 Å². The Hall–Kier alpha value is -2.01. The number of nitrogens with zero attached hydrogens (tertiary/aromatic N) is 1. The van der Waals surface area contributed by atoms with Crippen LogP contribution in [0.1, 0.15) is 0 Å². The monoisotopic (exact) mass is 288 g/mol. The second kappa shape index (κ2) is 5.17. The topological polar surface area (TPSA) is 46.6 Å². The van der Waals surface area contributed by atoms with Crippen LogP contribution < -0.4 is 9.64 Å². The van der Waals surface area contributed by atoms with Gasteiger partial charge in [0, 0.05) is 6.54 Å². The average Bonchev–Trinajstić information content (AvgIpc) is 2.48. The first kappa shape index (κ1) is 13.0. The lowest BCUT2D eigenvalue weighted by Gasteiger charge is -2.30. The first-order chi connectivity index (χ1) is 9.67. The van der Waals surface area contributed by atoms with Gasteiger partial charge in [0.1, 0.15) is 5.75 Å². The summed E-state index contributed by atoms with van der Waals surface area (Å²) >= 11 is 0. The van der Waals surface area contributed by atoms with E-state index in [1.165, 1.54) is 0 Å². The molecule has 0 unspecified atom stereocenters. The van der Waals surface area contributed by atoms with Gasteiger partial charge in [0.15, 0.2) is 16.6 Å². The summed E-state index contributed by atoms with van der Waals surface area (Å²) in [5.41, 5.74) is 0.709. The van der Waals surface area contributed by atoms with Crippen LogP contribution in [0, 0.1) is 6.07 Å². The maximum atomic E-state index is 12.0. The van der Waals surface area contributed by atoms with Gasteiger partial charge in [-0.2, -0.15) is 0 Å². The Balaban J connectivity index is 1.82. The molecule has 1 heterocycles. The predicted octanol–water partition coefficient (Wildman–Crippen LogP) is 2.12. The van der Waals surface area contributed by atoms with E-state index in [4.69, 9.17) is 4.74 Å². The molecular formula is C15H14NO3S. The fourth-order valence-corrected chi connectivity index (χ4v) is 3.68. The lowest BCUT2D eigenvalue weighted by Crippen LogP contribution is -2.37. The lowest BCUT2D eigenvalue weighted by atomic mass is 10.3. The zero-order chi connectivity index (χ0) is 14.0. The van der Waals surface area contributed by atoms with Crippen LogP contribution in [0.3, 0.4) is 0 Å². The zero-order valence-corrected chi connectivity index (χ0v) is 11.6. The van der Waals surface area contributed by atoms with Gasteiger partial charge in [0.25, 0.3) is 0 Å². The molecule has 0 amide bonds. The maximum absolute atomic E-state index is 12.0. The van der Waals surface area contributed by atoms with Crippen LogP contribution in [0.25, 0.3) is 0 Å². The number of ether oxygens (including phenoxy) is 1. The van der Waals surface area contributed by atoms with E-state index in [0.29, 0.717) is 23.9 Å². The Morgan fingerprint density at radius 2 is 1.90 bits per heavy atom. The molecule has 0 aromatic heterocycles. The average molecular weight is 288 g/mol. The van der Waals surface area contributed by atoms with Crippen molar-refractivity contribution in [3.8, 4) is 5.75 Å². The van der Waals surface area contributed by atoms with E-state index in [0.717, 1.165) is 5.75 Å². The lowest BCUT2D eigenvalue weighted by molar-refractivity contribution is 0.313. The first-order valence-corrected chi connectivity index (χ1v) is 7.98. The van der Waals surface area contributed by atoms with Crippen molar-refractivity contribution in [1.29, 1.82) is 0 Å². The molecule has 0 aliphatic carbocycles. The quantitative estimate of drug-likeness (QED) is 0.868. The minimum atomic E-state index is -3.16. The molecule has 1 radical (unpaired) electrons. The van der Waals surface area contributed by atoms with Gasteiger partial charge in [0.05, 0.1) is 16.3 Å². The summed E-state index contributed by atoms with van der Waals surface area (Å²) in [7, 11) is -3.16. The fourth-order valence-electron chi connectivity index (χ4n) is 2.20. The number of sulfone groups is 1. The minimum absolute atomic E-state index is 0.121. The van der Waals surface area contributed by atoms with E-state index in [1.54, 1.807) is 24.3 Å². The predicted molar refractivity (Wildman–Crippen MR) is 76.6 cm³/mol. The Morgan fingerprint density at radius 1 is 1.15 bits per heavy atom. The van der Waals surface area contributed by atoms with Crippen molar-refractivity contribution >= 4 is 15.5 Å². The Bertz CT molecular complexity index is 698. The first-order valence-electron chi connectivity index (χ1n) is 6.32. The number of hydrogen-bond acceptors (Lipinski definition) is 4. The van der Waals surface area contributed by atoms with Crippen molar-refractivity contribution < 1.29 is 13.2 Å². The van der Waals surface area contributed by atoms with Crippen LogP contribution in [-0.4, -0.2) is 27.4 Å². The molecule has 3 rings (SSSR count). The third kappa shape index (κ3) is 2.49. The van der Waals surface area contributed by atoms with Crippen LogP contribution in [0.15, 0.2) is 53.4 Å². The summed E-state index contributed by atoms with van der Waals surface area (Å²) in [5.74, 6) is 0.866. The molecule has 0 saturated carbocycles. The van der Waals surface area contributed by atoms with Gasteiger partial charge < -0.3 is 9.64 Å². The summed E-state index contributed by atoms with van der Waals surface area (Å²) < 4.78 is 29.7.